The molecule has 1 aliphatic rings. The summed E-state index contributed by atoms with van der Waals surface area (Å²) in [7, 11) is -3.58. The van der Waals surface area contributed by atoms with Gasteiger partial charge in [-0.1, -0.05) is 13.8 Å². The number of rotatable bonds is 5. The van der Waals surface area contributed by atoms with Crippen molar-refractivity contribution in [3.8, 4) is 0 Å². The Morgan fingerprint density at radius 2 is 1.88 bits per heavy atom. The molecule has 0 spiro atoms. The molecular weight excluding hydrogens is 246 g/mol. The van der Waals surface area contributed by atoms with Crippen LogP contribution in [0.1, 0.15) is 26.7 Å². The van der Waals surface area contributed by atoms with Crippen molar-refractivity contribution in [3.63, 3.8) is 0 Å². The minimum Gasteiger partial charge on any atom is -0.480 e. The first-order valence-electron chi connectivity index (χ1n) is 5.66. The fraction of sp³-hybridized carbons (Fsp3) is 0.900. The summed E-state index contributed by atoms with van der Waals surface area (Å²) in [6.07, 6.45) is 0.833. The summed E-state index contributed by atoms with van der Waals surface area (Å²) in [5.41, 5.74) is 0. The highest BCUT2D eigenvalue weighted by Gasteiger charge is 2.33. The van der Waals surface area contributed by atoms with Crippen LogP contribution in [-0.2, 0) is 19.6 Å². The average Bonchev–Trinajstić information content (AvgIpc) is 2.26. The van der Waals surface area contributed by atoms with E-state index in [1.807, 2.05) is 0 Å². The van der Waals surface area contributed by atoms with Crippen molar-refractivity contribution < 1.29 is 23.1 Å². The highest BCUT2D eigenvalue weighted by molar-refractivity contribution is 7.90. The first kappa shape index (κ1) is 14.4. The van der Waals surface area contributed by atoms with Gasteiger partial charge in [0.15, 0.2) is 0 Å². The van der Waals surface area contributed by atoms with Crippen molar-refractivity contribution in [2.45, 2.75) is 38.0 Å². The Morgan fingerprint density at radius 3 is 2.29 bits per heavy atom. The fourth-order valence-electron chi connectivity index (χ4n) is 1.73. The van der Waals surface area contributed by atoms with E-state index < -0.39 is 27.3 Å². The SMILES string of the molecule is CC(C)[C@H](NS(=O)(=O)C1CCOCC1)C(=O)O. The predicted octanol–water partition coefficient (Wildman–Crippen LogP) is 0.194. The molecule has 0 aromatic heterocycles. The van der Waals surface area contributed by atoms with Gasteiger partial charge in [0, 0.05) is 13.2 Å². The maximum atomic E-state index is 12.0. The lowest BCUT2D eigenvalue weighted by molar-refractivity contribution is -0.140. The molecule has 1 atom stereocenters. The zero-order valence-corrected chi connectivity index (χ0v) is 10.9. The average molecular weight is 265 g/mol. The Morgan fingerprint density at radius 1 is 1.35 bits per heavy atom. The minimum atomic E-state index is -3.58. The molecule has 1 rings (SSSR count). The van der Waals surface area contributed by atoms with Gasteiger partial charge < -0.3 is 9.84 Å². The summed E-state index contributed by atoms with van der Waals surface area (Å²) in [5, 5.41) is 8.41. The molecule has 0 aliphatic carbocycles. The van der Waals surface area contributed by atoms with Gasteiger partial charge in [-0.15, -0.1) is 0 Å². The number of ether oxygens (including phenoxy) is 1. The molecule has 7 heteroatoms. The van der Waals surface area contributed by atoms with E-state index >= 15 is 0 Å². The van der Waals surface area contributed by atoms with Gasteiger partial charge in [0.05, 0.1) is 5.25 Å². The Bertz CT molecular complexity index is 359. The van der Waals surface area contributed by atoms with Gasteiger partial charge in [-0.25, -0.2) is 13.1 Å². The molecule has 1 saturated heterocycles. The molecule has 6 nitrogen and oxygen atoms in total. The van der Waals surface area contributed by atoms with Gasteiger partial charge in [-0.3, -0.25) is 4.79 Å². The van der Waals surface area contributed by atoms with Crippen molar-refractivity contribution in [1.82, 2.24) is 4.72 Å². The lowest BCUT2D eigenvalue weighted by atomic mass is 10.1. The number of nitrogens with one attached hydrogen (secondary N) is 1. The molecule has 0 radical (unpaired) electrons. The maximum Gasteiger partial charge on any atom is 0.321 e. The van der Waals surface area contributed by atoms with E-state index in [2.05, 4.69) is 4.72 Å². The summed E-state index contributed by atoms with van der Waals surface area (Å²) in [5.74, 6) is -1.43. The van der Waals surface area contributed by atoms with E-state index in [0.29, 0.717) is 26.1 Å². The lowest BCUT2D eigenvalue weighted by Crippen LogP contribution is -2.48. The topological polar surface area (TPSA) is 92.7 Å². The van der Waals surface area contributed by atoms with E-state index in [1.54, 1.807) is 13.8 Å². The standard InChI is InChI=1S/C10H19NO5S/c1-7(2)9(10(12)13)11-17(14,15)8-3-5-16-6-4-8/h7-9,11H,3-6H2,1-2H3,(H,12,13)/t9-/m0/s1. The Kier molecular flexibility index (Phi) is 4.91. The lowest BCUT2D eigenvalue weighted by Gasteiger charge is -2.25. The molecule has 0 unspecified atom stereocenters. The van der Waals surface area contributed by atoms with Crippen molar-refractivity contribution >= 4 is 16.0 Å². The Hall–Kier alpha value is -0.660. The molecule has 100 valence electrons. The van der Waals surface area contributed by atoms with E-state index in [0.717, 1.165) is 0 Å². The number of hydrogen-bond acceptors (Lipinski definition) is 4. The van der Waals surface area contributed by atoms with E-state index in [1.165, 1.54) is 0 Å². The summed E-state index contributed by atoms with van der Waals surface area (Å²) in [6.45, 7) is 4.16. The number of carboxylic acid groups (broad SMARTS) is 1. The molecule has 2 N–H and O–H groups in total. The minimum absolute atomic E-state index is 0.290. The van der Waals surface area contributed by atoms with Gasteiger partial charge in [-0.05, 0) is 18.8 Å². The molecule has 0 amide bonds. The quantitative estimate of drug-likeness (QED) is 0.740. The smallest absolute Gasteiger partial charge is 0.321 e. The molecule has 0 saturated carbocycles. The monoisotopic (exact) mass is 265 g/mol. The van der Waals surface area contributed by atoms with Crippen LogP contribution in [0.3, 0.4) is 0 Å². The van der Waals surface area contributed by atoms with Crippen LogP contribution in [-0.4, -0.2) is 44.0 Å². The Balaban J connectivity index is 2.73. The van der Waals surface area contributed by atoms with Crippen molar-refractivity contribution in [1.29, 1.82) is 0 Å². The highest BCUT2D eigenvalue weighted by Crippen LogP contribution is 2.16. The summed E-state index contributed by atoms with van der Waals surface area (Å²) < 4.78 is 31.3. The second kappa shape index (κ2) is 5.79. The number of aliphatic carboxylic acids is 1. The van der Waals surface area contributed by atoms with Crippen LogP contribution in [0.25, 0.3) is 0 Å². The third kappa shape index (κ3) is 3.93. The van der Waals surface area contributed by atoms with E-state index in [-0.39, 0.29) is 5.92 Å². The van der Waals surface area contributed by atoms with Crippen LogP contribution in [0, 0.1) is 5.92 Å². The maximum absolute atomic E-state index is 12.0. The van der Waals surface area contributed by atoms with Gasteiger partial charge >= 0.3 is 5.97 Å². The van der Waals surface area contributed by atoms with Crippen molar-refractivity contribution in [3.05, 3.63) is 0 Å². The first-order valence-corrected chi connectivity index (χ1v) is 7.21. The van der Waals surface area contributed by atoms with Crippen LogP contribution in [0.2, 0.25) is 0 Å². The van der Waals surface area contributed by atoms with Crippen molar-refractivity contribution in [2.75, 3.05) is 13.2 Å². The van der Waals surface area contributed by atoms with Crippen LogP contribution in [0.4, 0.5) is 0 Å². The third-order valence-electron chi connectivity index (χ3n) is 2.83. The van der Waals surface area contributed by atoms with E-state index in [4.69, 9.17) is 9.84 Å². The summed E-state index contributed by atoms with van der Waals surface area (Å²) >= 11 is 0. The predicted molar refractivity (Wildman–Crippen MR) is 62.2 cm³/mol. The first-order chi connectivity index (χ1) is 7.84. The van der Waals surface area contributed by atoms with Crippen molar-refractivity contribution in [2.24, 2.45) is 5.92 Å². The van der Waals surface area contributed by atoms with Crippen LogP contribution in [0.5, 0.6) is 0 Å². The van der Waals surface area contributed by atoms with Crippen LogP contribution < -0.4 is 4.72 Å². The largest absolute Gasteiger partial charge is 0.480 e. The fourth-order valence-corrected chi connectivity index (χ4v) is 3.46. The molecule has 1 fully saturated rings. The normalized spacial score (nSPS) is 20.4. The molecule has 1 heterocycles. The van der Waals surface area contributed by atoms with Gasteiger partial charge in [0.1, 0.15) is 6.04 Å². The van der Waals surface area contributed by atoms with Gasteiger partial charge in [0.2, 0.25) is 10.0 Å². The zero-order chi connectivity index (χ0) is 13.1. The number of carbonyl (C=O) groups is 1. The number of sulfonamides is 1. The van der Waals surface area contributed by atoms with E-state index in [9.17, 15) is 13.2 Å². The Labute approximate surface area is 101 Å². The number of hydrogen-bond donors (Lipinski definition) is 2. The molecular formula is C10H19NO5S. The second-order valence-corrected chi connectivity index (χ2v) is 6.53. The van der Waals surface area contributed by atoms with Crippen LogP contribution >= 0.6 is 0 Å². The molecule has 1 aliphatic heterocycles. The molecule has 0 aromatic carbocycles. The van der Waals surface area contributed by atoms with Crippen LogP contribution in [0.15, 0.2) is 0 Å². The van der Waals surface area contributed by atoms with Gasteiger partial charge in [-0.2, -0.15) is 0 Å². The third-order valence-corrected chi connectivity index (χ3v) is 4.76. The number of carboxylic acids is 1. The zero-order valence-electron chi connectivity index (χ0n) is 10.0. The second-order valence-electron chi connectivity index (χ2n) is 4.53. The molecule has 17 heavy (non-hydrogen) atoms. The molecule has 0 aromatic rings. The summed E-state index contributed by atoms with van der Waals surface area (Å²) in [6, 6.07) is -1.07. The molecule has 0 bridgehead atoms. The highest BCUT2D eigenvalue weighted by atomic mass is 32.2. The van der Waals surface area contributed by atoms with Gasteiger partial charge in [0.25, 0.3) is 0 Å². The summed E-state index contributed by atoms with van der Waals surface area (Å²) in [4.78, 5) is 10.9.